The van der Waals surface area contributed by atoms with E-state index >= 15 is 0 Å². The quantitative estimate of drug-likeness (QED) is 0.480. The van der Waals surface area contributed by atoms with E-state index in [0.29, 0.717) is 11.8 Å². The van der Waals surface area contributed by atoms with Crippen molar-refractivity contribution >= 4 is 34.5 Å². The third-order valence-electron chi connectivity index (χ3n) is 2.90. The molecule has 2 aromatic rings. The molecule has 6 nitrogen and oxygen atoms in total. The van der Waals surface area contributed by atoms with Crippen molar-refractivity contribution in [3.05, 3.63) is 48.8 Å². The van der Waals surface area contributed by atoms with Crippen LogP contribution in [0.4, 0.5) is 5.69 Å². The van der Waals surface area contributed by atoms with Gasteiger partial charge in [-0.05, 0) is 18.6 Å². The largest absolute Gasteiger partial charge is 0.344 e. The van der Waals surface area contributed by atoms with Crippen LogP contribution in [0.15, 0.2) is 17.1 Å². The van der Waals surface area contributed by atoms with Gasteiger partial charge in [-0.1, -0.05) is 11.6 Å². The number of halogens is 1. The molecule has 0 unspecified atom stereocenters. The lowest BCUT2D eigenvalue weighted by atomic mass is 10.1. The van der Waals surface area contributed by atoms with E-state index in [0.717, 1.165) is 0 Å². The lowest BCUT2D eigenvalue weighted by molar-refractivity contribution is -0.383. The molecule has 0 N–H and O–H groups in total. The summed E-state index contributed by atoms with van der Waals surface area (Å²) in [6.45, 7) is 1.57. The van der Waals surface area contributed by atoms with Crippen LogP contribution in [0.1, 0.15) is 15.9 Å². The fraction of sp³-hybridized carbons (Fsp3) is 0.167. The summed E-state index contributed by atoms with van der Waals surface area (Å²) in [5.41, 5.74) is -0.386. The summed E-state index contributed by atoms with van der Waals surface area (Å²) in [5.74, 6) is 0. The molecule has 2 rings (SSSR count). The molecule has 0 aliphatic rings. The molecule has 19 heavy (non-hydrogen) atoms. The van der Waals surface area contributed by atoms with Crippen LogP contribution >= 0.6 is 11.6 Å². The van der Waals surface area contributed by atoms with E-state index in [1.807, 2.05) is 0 Å². The molecule has 0 saturated carbocycles. The Bertz CT molecular complexity index is 780. The summed E-state index contributed by atoms with van der Waals surface area (Å²) < 4.78 is 1.36. The van der Waals surface area contributed by atoms with Gasteiger partial charge in [-0.3, -0.25) is 19.7 Å². The summed E-state index contributed by atoms with van der Waals surface area (Å²) >= 11 is 5.94. The smallest absolute Gasteiger partial charge is 0.312 e. The molecule has 1 aromatic heterocycles. The number of carbonyl (C=O) groups is 1. The predicted octanol–water partition coefficient (Wildman–Crippen LogP) is 2.22. The van der Waals surface area contributed by atoms with Crippen molar-refractivity contribution in [1.29, 1.82) is 0 Å². The maximum absolute atomic E-state index is 12.0. The normalized spacial score (nSPS) is 10.7. The molecule has 0 amide bonds. The first-order valence-corrected chi connectivity index (χ1v) is 5.68. The number of nitro groups is 1. The third-order valence-corrected chi connectivity index (χ3v) is 3.37. The van der Waals surface area contributed by atoms with E-state index < -0.39 is 10.4 Å². The molecule has 0 aliphatic carbocycles. The molecule has 0 atom stereocenters. The number of carbonyl (C=O) groups excluding carboxylic acids is 1. The van der Waals surface area contributed by atoms with E-state index in [1.54, 1.807) is 6.92 Å². The minimum absolute atomic E-state index is 0.00801. The second-order valence-corrected chi connectivity index (χ2v) is 4.53. The molecule has 0 bridgehead atoms. The van der Waals surface area contributed by atoms with E-state index in [2.05, 4.69) is 0 Å². The summed E-state index contributed by atoms with van der Waals surface area (Å²) in [5, 5.41) is 11.2. The Kier molecular flexibility index (Phi) is 3.11. The Morgan fingerprint density at radius 3 is 2.63 bits per heavy atom. The van der Waals surface area contributed by atoms with Gasteiger partial charge in [-0.15, -0.1) is 0 Å². The van der Waals surface area contributed by atoms with Crippen molar-refractivity contribution < 1.29 is 9.72 Å². The maximum atomic E-state index is 12.0. The molecular formula is C12H9ClN2O4. The Balaban J connectivity index is 3.16. The Morgan fingerprint density at radius 2 is 2.11 bits per heavy atom. The number of hydrogen-bond donors (Lipinski definition) is 0. The van der Waals surface area contributed by atoms with Crippen molar-refractivity contribution in [1.82, 2.24) is 4.57 Å². The Labute approximate surface area is 112 Å². The zero-order chi connectivity index (χ0) is 14.3. The standard InChI is InChI=1S/C12H9ClN2O4/c1-6-3-8-10(11(9(6)13)15(18)19)14(2)4-7(5-16)12(8)17/h3-5H,1-2H3. The molecule has 0 aliphatic heterocycles. The maximum Gasteiger partial charge on any atom is 0.312 e. The van der Waals surface area contributed by atoms with Crippen LogP contribution in [0, 0.1) is 17.0 Å². The average Bonchev–Trinajstić information content (AvgIpc) is 2.35. The topological polar surface area (TPSA) is 82.2 Å². The van der Waals surface area contributed by atoms with E-state index in [9.17, 15) is 19.7 Å². The first-order valence-electron chi connectivity index (χ1n) is 5.30. The minimum atomic E-state index is -0.627. The summed E-state index contributed by atoms with van der Waals surface area (Å²) in [6.07, 6.45) is 1.69. The zero-order valence-corrected chi connectivity index (χ0v) is 10.9. The van der Waals surface area contributed by atoms with Gasteiger partial charge in [0.15, 0.2) is 11.7 Å². The monoisotopic (exact) mass is 280 g/mol. The van der Waals surface area contributed by atoms with Crippen molar-refractivity contribution in [2.24, 2.45) is 7.05 Å². The molecule has 98 valence electrons. The highest BCUT2D eigenvalue weighted by Crippen LogP contribution is 2.34. The molecule has 0 spiro atoms. The number of nitro benzene ring substituents is 1. The van der Waals surface area contributed by atoms with Crippen molar-refractivity contribution in [3.8, 4) is 0 Å². The third kappa shape index (κ3) is 1.90. The molecule has 1 heterocycles. The van der Waals surface area contributed by atoms with Crippen LogP contribution in [-0.2, 0) is 7.05 Å². The molecular weight excluding hydrogens is 272 g/mol. The van der Waals surface area contributed by atoms with Crippen molar-refractivity contribution in [2.45, 2.75) is 6.92 Å². The van der Waals surface area contributed by atoms with Crippen LogP contribution in [0.25, 0.3) is 10.9 Å². The number of pyridine rings is 1. The van der Waals surface area contributed by atoms with Crippen molar-refractivity contribution in [3.63, 3.8) is 0 Å². The molecule has 0 fully saturated rings. The summed E-state index contributed by atoms with van der Waals surface area (Å²) in [4.78, 5) is 33.4. The van der Waals surface area contributed by atoms with Gasteiger partial charge < -0.3 is 4.57 Å². The number of aromatic nitrogens is 1. The van der Waals surface area contributed by atoms with Gasteiger partial charge in [0.05, 0.1) is 15.9 Å². The molecule has 7 heteroatoms. The zero-order valence-electron chi connectivity index (χ0n) is 10.1. The number of fused-ring (bicyclic) bond motifs is 1. The summed E-state index contributed by atoms with van der Waals surface area (Å²) in [7, 11) is 1.52. The van der Waals surface area contributed by atoms with Crippen LogP contribution < -0.4 is 5.43 Å². The number of benzene rings is 1. The Morgan fingerprint density at radius 1 is 1.47 bits per heavy atom. The van der Waals surface area contributed by atoms with E-state index in [1.165, 1.54) is 23.9 Å². The van der Waals surface area contributed by atoms with Gasteiger partial charge in [-0.25, -0.2) is 0 Å². The van der Waals surface area contributed by atoms with Crippen LogP contribution in [0.3, 0.4) is 0 Å². The highest BCUT2D eigenvalue weighted by molar-refractivity contribution is 6.34. The lowest BCUT2D eigenvalue weighted by Crippen LogP contribution is -2.14. The number of nitrogens with zero attached hydrogens (tertiary/aromatic N) is 2. The van der Waals surface area contributed by atoms with E-state index in [4.69, 9.17) is 11.6 Å². The second kappa shape index (κ2) is 4.47. The van der Waals surface area contributed by atoms with Gasteiger partial charge in [0.2, 0.25) is 0 Å². The van der Waals surface area contributed by atoms with Crippen LogP contribution in [-0.4, -0.2) is 15.8 Å². The number of hydrogen-bond acceptors (Lipinski definition) is 4. The lowest BCUT2D eigenvalue weighted by Gasteiger charge is -2.09. The van der Waals surface area contributed by atoms with Crippen molar-refractivity contribution in [2.75, 3.05) is 0 Å². The SMILES string of the molecule is Cc1cc2c(=O)c(C=O)cn(C)c2c([N+](=O)[O-])c1Cl. The van der Waals surface area contributed by atoms with E-state index in [-0.39, 0.29) is 27.2 Å². The highest BCUT2D eigenvalue weighted by atomic mass is 35.5. The minimum Gasteiger partial charge on any atom is -0.344 e. The van der Waals surface area contributed by atoms with Gasteiger partial charge in [0, 0.05) is 13.2 Å². The highest BCUT2D eigenvalue weighted by Gasteiger charge is 2.23. The number of aldehydes is 1. The van der Waals surface area contributed by atoms with Gasteiger partial charge >= 0.3 is 5.69 Å². The average molecular weight is 281 g/mol. The number of aryl methyl sites for hydroxylation is 2. The fourth-order valence-electron chi connectivity index (χ4n) is 2.03. The van der Waals surface area contributed by atoms with Gasteiger partial charge in [0.25, 0.3) is 0 Å². The first kappa shape index (κ1) is 13.2. The fourth-order valence-corrected chi connectivity index (χ4v) is 2.25. The van der Waals surface area contributed by atoms with Gasteiger partial charge in [-0.2, -0.15) is 0 Å². The predicted molar refractivity (Wildman–Crippen MR) is 71.0 cm³/mol. The Hall–Kier alpha value is -2.21. The second-order valence-electron chi connectivity index (χ2n) is 4.15. The molecule has 0 radical (unpaired) electrons. The number of rotatable bonds is 2. The molecule has 0 saturated heterocycles. The van der Waals surface area contributed by atoms with Gasteiger partial charge in [0.1, 0.15) is 10.5 Å². The summed E-state index contributed by atoms with van der Waals surface area (Å²) in [6, 6.07) is 1.46. The molecule has 1 aromatic carbocycles. The first-order chi connectivity index (χ1) is 8.88. The van der Waals surface area contributed by atoms with Crippen LogP contribution in [0.5, 0.6) is 0 Å². The van der Waals surface area contributed by atoms with Crippen LogP contribution in [0.2, 0.25) is 5.02 Å².